The van der Waals surface area contributed by atoms with Crippen LogP contribution in [0, 0.1) is 16.7 Å². The van der Waals surface area contributed by atoms with Crippen LogP contribution in [0.15, 0.2) is 48.8 Å². The number of fused-ring (bicyclic) bond motifs is 1. The summed E-state index contributed by atoms with van der Waals surface area (Å²) in [5, 5.41) is 17.0. The maximum Gasteiger partial charge on any atom is 0.458 e. The van der Waals surface area contributed by atoms with Gasteiger partial charge in [0.1, 0.15) is 43.0 Å². The van der Waals surface area contributed by atoms with E-state index in [0.717, 1.165) is 0 Å². The Morgan fingerprint density at radius 3 is 2.79 bits per heavy atom. The van der Waals surface area contributed by atoms with Crippen molar-refractivity contribution < 1.29 is 27.9 Å². The summed E-state index contributed by atoms with van der Waals surface area (Å²) < 4.78 is 38.1. The van der Waals surface area contributed by atoms with Crippen LogP contribution in [0.1, 0.15) is 45.4 Å². The lowest BCUT2D eigenvalue weighted by atomic mass is 9.97. The number of hydrogen-bond donors (Lipinski definition) is 2. The molecule has 12 nitrogen and oxygen atoms in total. The number of nitrogen functional groups attached to an aromatic ring is 1. The summed E-state index contributed by atoms with van der Waals surface area (Å²) in [6.45, 7) is 4.86. The van der Waals surface area contributed by atoms with Gasteiger partial charge in [-0.15, -0.1) is 0 Å². The second kappa shape index (κ2) is 11.1. The Balaban J connectivity index is 1.44. The quantitative estimate of drug-likeness (QED) is 0.217. The van der Waals surface area contributed by atoms with Gasteiger partial charge in [0.25, 0.3) is 0 Å². The fourth-order valence-corrected chi connectivity index (χ4v) is 5.21. The van der Waals surface area contributed by atoms with Gasteiger partial charge in [-0.2, -0.15) is 10.4 Å². The molecule has 1 aliphatic rings. The maximum absolute atomic E-state index is 13.7. The molecule has 0 radical (unpaired) electrons. The molecular weight excluding hydrogens is 511 g/mol. The molecule has 1 fully saturated rings. The molecule has 0 aliphatic carbocycles. The zero-order valence-corrected chi connectivity index (χ0v) is 22.4. The van der Waals surface area contributed by atoms with Crippen molar-refractivity contribution in [3.05, 3.63) is 54.5 Å². The van der Waals surface area contributed by atoms with E-state index in [0.29, 0.717) is 35.6 Å². The highest BCUT2D eigenvalue weighted by Gasteiger charge is 2.45. The third kappa shape index (κ3) is 6.31. The molecule has 0 saturated carbocycles. The van der Waals surface area contributed by atoms with E-state index < -0.39 is 30.8 Å². The number of ether oxygens (including phenoxy) is 2. The van der Waals surface area contributed by atoms with Gasteiger partial charge < -0.3 is 19.7 Å². The number of anilines is 1. The van der Waals surface area contributed by atoms with Gasteiger partial charge in [-0.1, -0.05) is 18.2 Å². The number of rotatable bonds is 10. The van der Waals surface area contributed by atoms with Crippen molar-refractivity contribution in [2.24, 2.45) is 5.41 Å². The highest BCUT2D eigenvalue weighted by Crippen LogP contribution is 2.47. The molecule has 1 aromatic carbocycles. The second-order valence-electron chi connectivity index (χ2n) is 9.92. The number of nitrogens with one attached hydrogen (secondary N) is 1. The normalized spacial score (nSPS) is 21.1. The van der Waals surface area contributed by atoms with Crippen LogP contribution in [-0.4, -0.2) is 45.9 Å². The fourth-order valence-electron chi connectivity index (χ4n) is 3.86. The van der Waals surface area contributed by atoms with E-state index in [9.17, 15) is 14.6 Å². The Morgan fingerprint density at radius 2 is 2.08 bits per heavy atom. The minimum Gasteiger partial charge on any atom is -0.464 e. The summed E-state index contributed by atoms with van der Waals surface area (Å²) in [6.07, 6.45) is 1.72. The van der Waals surface area contributed by atoms with E-state index in [4.69, 9.17) is 24.3 Å². The molecule has 1 saturated heterocycles. The first kappa shape index (κ1) is 27.5. The van der Waals surface area contributed by atoms with Crippen LogP contribution in [-0.2, 0) is 23.4 Å². The van der Waals surface area contributed by atoms with Crippen LogP contribution in [0.4, 0.5) is 5.82 Å². The van der Waals surface area contributed by atoms with E-state index >= 15 is 0 Å². The molecule has 1 unspecified atom stereocenters. The molecule has 3 heterocycles. The van der Waals surface area contributed by atoms with Gasteiger partial charge in [-0.3, -0.25) is 9.32 Å². The molecule has 2 aromatic heterocycles. The average Bonchev–Trinajstić information content (AvgIpc) is 3.51. The molecule has 3 N–H and O–H groups in total. The molecule has 1 aliphatic heterocycles. The van der Waals surface area contributed by atoms with E-state index in [1.54, 1.807) is 61.7 Å². The van der Waals surface area contributed by atoms with Crippen LogP contribution in [0.2, 0.25) is 0 Å². The smallest absolute Gasteiger partial charge is 0.458 e. The molecule has 0 amide bonds. The summed E-state index contributed by atoms with van der Waals surface area (Å²) in [4.78, 5) is 16.0. The summed E-state index contributed by atoms with van der Waals surface area (Å²) in [6, 6.07) is 14.3. The summed E-state index contributed by atoms with van der Waals surface area (Å²) in [7, 11) is -3.99. The SMILES string of the molecule is CC(C)(C)C(=O)OCCNP(=O)(OC[C@]1(C#N)CC[C@H](c2ccc3c(N)ncnn23)O1)Oc1ccccc1. The minimum atomic E-state index is -3.99. The Hall–Kier alpha value is -3.49. The standard InChI is InChI=1S/C25H31N6O6P/c1-24(2,3)23(32)34-14-13-30-38(33,37-18-7-5-4-6-8-18)35-16-25(15-26)12-11-21(36-25)19-9-10-20-22(27)28-17-29-31(19)20/h4-10,17,21H,11-14,16H2,1-3H3,(H,30,33)(H2,27,28,29)/t21-,25-,38?/m1/s1. The Morgan fingerprint density at radius 1 is 1.32 bits per heavy atom. The number of hydrogen-bond acceptors (Lipinski definition) is 10. The number of benzene rings is 1. The number of aromatic nitrogens is 3. The summed E-state index contributed by atoms with van der Waals surface area (Å²) in [5.41, 5.74) is 5.24. The first-order valence-corrected chi connectivity index (χ1v) is 13.7. The monoisotopic (exact) mass is 542 g/mol. The highest BCUT2D eigenvalue weighted by molar-refractivity contribution is 7.52. The van der Waals surface area contributed by atoms with Gasteiger partial charge >= 0.3 is 13.7 Å². The van der Waals surface area contributed by atoms with Crippen molar-refractivity contribution in [1.82, 2.24) is 19.7 Å². The topological polar surface area (TPSA) is 163 Å². The number of esters is 1. The molecule has 38 heavy (non-hydrogen) atoms. The lowest BCUT2D eigenvalue weighted by Crippen LogP contribution is -2.34. The van der Waals surface area contributed by atoms with Crippen LogP contribution in [0.3, 0.4) is 0 Å². The van der Waals surface area contributed by atoms with Crippen molar-refractivity contribution >= 4 is 25.1 Å². The van der Waals surface area contributed by atoms with Gasteiger partial charge in [0.05, 0.1) is 11.1 Å². The largest absolute Gasteiger partial charge is 0.464 e. The highest BCUT2D eigenvalue weighted by atomic mass is 31.2. The molecule has 13 heteroatoms. The lowest BCUT2D eigenvalue weighted by molar-refractivity contribution is -0.152. The van der Waals surface area contributed by atoms with Crippen molar-refractivity contribution in [1.29, 1.82) is 5.26 Å². The Labute approximate surface area is 220 Å². The van der Waals surface area contributed by atoms with Crippen molar-refractivity contribution in [2.75, 3.05) is 25.5 Å². The van der Waals surface area contributed by atoms with Gasteiger partial charge in [0.2, 0.25) is 0 Å². The third-order valence-corrected chi connectivity index (χ3v) is 7.44. The summed E-state index contributed by atoms with van der Waals surface area (Å²) in [5.74, 6) is 0.248. The second-order valence-corrected chi connectivity index (χ2v) is 11.7. The number of nitrogens with two attached hydrogens (primary N) is 1. The Bertz CT molecular complexity index is 1370. The number of para-hydroxylation sites is 1. The minimum absolute atomic E-state index is 0.00619. The van der Waals surface area contributed by atoms with E-state index in [-0.39, 0.29) is 19.8 Å². The van der Waals surface area contributed by atoms with E-state index in [1.807, 2.05) is 6.07 Å². The first-order valence-electron chi connectivity index (χ1n) is 12.1. The van der Waals surface area contributed by atoms with Crippen LogP contribution in [0.25, 0.3) is 5.52 Å². The van der Waals surface area contributed by atoms with Crippen molar-refractivity contribution in [3.8, 4) is 11.8 Å². The molecule has 4 rings (SSSR count). The molecule has 0 bridgehead atoms. The van der Waals surface area contributed by atoms with E-state index in [1.165, 1.54) is 6.33 Å². The third-order valence-electron chi connectivity index (χ3n) is 5.91. The predicted molar refractivity (Wildman–Crippen MR) is 138 cm³/mol. The zero-order valence-electron chi connectivity index (χ0n) is 21.5. The molecule has 202 valence electrons. The predicted octanol–water partition coefficient (Wildman–Crippen LogP) is 3.81. The van der Waals surface area contributed by atoms with Gasteiger partial charge in [0.15, 0.2) is 11.4 Å². The van der Waals surface area contributed by atoms with Crippen LogP contribution in [0.5, 0.6) is 5.75 Å². The van der Waals surface area contributed by atoms with Gasteiger partial charge in [0, 0.05) is 6.54 Å². The number of carbonyl (C=O) groups excluding carboxylic acids is 1. The number of carbonyl (C=O) groups is 1. The van der Waals surface area contributed by atoms with Crippen LogP contribution < -0.4 is 15.3 Å². The van der Waals surface area contributed by atoms with Crippen LogP contribution >= 0.6 is 7.75 Å². The molecule has 3 atom stereocenters. The molecule has 3 aromatic rings. The maximum atomic E-state index is 13.7. The summed E-state index contributed by atoms with van der Waals surface area (Å²) >= 11 is 0. The fraction of sp³-hybridized carbons (Fsp3) is 0.440. The zero-order chi connectivity index (χ0) is 27.4. The van der Waals surface area contributed by atoms with Gasteiger partial charge in [-0.25, -0.2) is 19.2 Å². The van der Waals surface area contributed by atoms with Gasteiger partial charge in [-0.05, 0) is 57.9 Å². The lowest BCUT2D eigenvalue weighted by Gasteiger charge is -2.26. The van der Waals surface area contributed by atoms with Crippen molar-refractivity contribution in [3.63, 3.8) is 0 Å². The van der Waals surface area contributed by atoms with E-state index in [2.05, 4.69) is 21.2 Å². The number of nitriles is 1. The number of nitrogens with zero attached hydrogens (tertiary/aromatic N) is 4. The molecule has 0 spiro atoms. The Kier molecular flexibility index (Phi) is 8.04. The molecular formula is C25H31N6O6P. The van der Waals surface area contributed by atoms with Crippen molar-refractivity contribution in [2.45, 2.75) is 45.3 Å². The average molecular weight is 543 g/mol. The first-order chi connectivity index (χ1) is 18.0.